The molecule has 6 heteroatoms. The van der Waals surface area contributed by atoms with Crippen molar-refractivity contribution in [2.45, 2.75) is 65.8 Å². The van der Waals surface area contributed by atoms with Crippen molar-refractivity contribution in [3.63, 3.8) is 0 Å². The summed E-state index contributed by atoms with van der Waals surface area (Å²) < 4.78 is 0. The van der Waals surface area contributed by atoms with E-state index in [-0.39, 0.29) is 11.5 Å². The lowest BCUT2D eigenvalue weighted by atomic mass is 10.0. The van der Waals surface area contributed by atoms with Crippen molar-refractivity contribution in [3.8, 4) is 6.07 Å². The number of nitrogens with one attached hydrogen (secondary N) is 1. The minimum absolute atomic E-state index is 0.0442. The molecule has 0 aliphatic carbocycles. The number of aliphatic carboxylic acids is 1. The molecule has 0 bridgehead atoms. The third-order valence-electron chi connectivity index (χ3n) is 3.59. The topological polar surface area (TPSA) is 93.4 Å². The van der Waals surface area contributed by atoms with Crippen LogP contribution in [-0.4, -0.2) is 41.0 Å². The van der Waals surface area contributed by atoms with Crippen LogP contribution in [0.1, 0.15) is 59.8 Å². The molecule has 2 N–H and O–H groups in total. The summed E-state index contributed by atoms with van der Waals surface area (Å²) in [6.45, 7) is 9.51. The second kappa shape index (κ2) is 12.4. The zero-order valence-electron chi connectivity index (χ0n) is 15.3. The Bertz CT molecular complexity index is 459. The molecule has 1 unspecified atom stereocenters. The van der Waals surface area contributed by atoms with E-state index in [0.717, 1.165) is 38.8 Å². The Morgan fingerprint density at radius 2 is 1.75 bits per heavy atom. The number of carboxylic acids is 1. The number of amides is 1. The molecule has 0 aliphatic rings. The Hall–Kier alpha value is -2.03. The number of nitriles is 1. The molecule has 1 amide bonds. The molecular weight excluding hydrogens is 306 g/mol. The smallest absolute Gasteiger partial charge is 0.326 e. The van der Waals surface area contributed by atoms with Crippen molar-refractivity contribution in [2.24, 2.45) is 5.92 Å². The molecule has 136 valence electrons. The van der Waals surface area contributed by atoms with Gasteiger partial charge in [-0.2, -0.15) is 5.26 Å². The first-order valence-corrected chi connectivity index (χ1v) is 8.75. The van der Waals surface area contributed by atoms with Crippen LogP contribution in [-0.2, 0) is 9.59 Å². The third-order valence-corrected chi connectivity index (χ3v) is 3.59. The minimum Gasteiger partial charge on any atom is -0.480 e. The molecule has 1 atom stereocenters. The van der Waals surface area contributed by atoms with E-state index in [1.165, 1.54) is 0 Å². The normalized spacial score (nSPS) is 12.6. The first kappa shape index (κ1) is 22.0. The van der Waals surface area contributed by atoms with Crippen LogP contribution >= 0.6 is 0 Å². The van der Waals surface area contributed by atoms with Crippen LogP contribution in [0.3, 0.4) is 0 Å². The highest BCUT2D eigenvalue weighted by Crippen LogP contribution is 2.08. The minimum atomic E-state index is -1.08. The van der Waals surface area contributed by atoms with Crippen molar-refractivity contribution in [2.75, 3.05) is 13.1 Å². The lowest BCUT2D eigenvalue weighted by molar-refractivity contribution is -0.141. The van der Waals surface area contributed by atoms with Gasteiger partial charge in [0.25, 0.3) is 5.91 Å². The van der Waals surface area contributed by atoms with Crippen molar-refractivity contribution in [1.29, 1.82) is 5.26 Å². The number of carboxylic acid groups (broad SMARTS) is 1. The molecule has 0 fully saturated rings. The molecule has 0 radical (unpaired) electrons. The highest BCUT2D eigenvalue weighted by molar-refractivity contribution is 5.99. The fraction of sp³-hybridized carbons (Fsp3) is 0.722. The highest BCUT2D eigenvalue weighted by Gasteiger charge is 2.23. The van der Waals surface area contributed by atoms with Crippen LogP contribution in [0.25, 0.3) is 0 Å². The Morgan fingerprint density at radius 3 is 2.12 bits per heavy atom. The molecule has 0 aromatic heterocycles. The van der Waals surface area contributed by atoms with Crippen LogP contribution < -0.4 is 5.32 Å². The molecule has 6 nitrogen and oxygen atoms in total. The monoisotopic (exact) mass is 337 g/mol. The van der Waals surface area contributed by atoms with Crippen LogP contribution in [0, 0.1) is 17.2 Å². The first-order chi connectivity index (χ1) is 11.3. The summed E-state index contributed by atoms with van der Waals surface area (Å²) in [6, 6.07) is 0.919. The lowest BCUT2D eigenvalue weighted by Crippen LogP contribution is -2.42. The van der Waals surface area contributed by atoms with Gasteiger partial charge in [-0.3, -0.25) is 4.79 Å². The zero-order valence-corrected chi connectivity index (χ0v) is 15.3. The average molecular weight is 337 g/mol. The SMILES string of the molecule is CCCCN(/C=C(/C#N)C(=O)NC(CC(C)C)C(=O)O)CCCC. The second-order valence-electron chi connectivity index (χ2n) is 6.39. The van der Waals surface area contributed by atoms with E-state index in [2.05, 4.69) is 19.2 Å². The van der Waals surface area contributed by atoms with E-state index in [0.29, 0.717) is 6.42 Å². The largest absolute Gasteiger partial charge is 0.480 e. The van der Waals surface area contributed by atoms with Gasteiger partial charge in [0.1, 0.15) is 17.7 Å². The van der Waals surface area contributed by atoms with Crippen LogP contribution in [0.2, 0.25) is 0 Å². The molecule has 0 spiro atoms. The number of carbonyl (C=O) groups is 2. The summed E-state index contributed by atoms with van der Waals surface area (Å²) in [6.07, 6.45) is 5.90. The molecular formula is C18H31N3O3. The average Bonchev–Trinajstić information content (AvgIpc) is 2.52. The maximum absolute atomic E-state index is 12.3. The van der Waals surface area contributed by atoms with Gasteiger partial charge >= 0.3 is 5.97 Å². The van der Waals surface area contributed by atoms with Crippen LogP contribution in [0.4, 0.5) is 0 Å². The zero-order chi connectivity index (χ0) is 18.5. The maximum atomic E-state index is 12.3. The molecule has 24 heavy (non-hydrogen) atoms. The molecule has 0 aromatic rings. The number of unbranched alkanes of at least 4 members (excludes halogenated alkanes) is 2. The van der Waals surface area contributed by atoms with E-state index in [1.807, 2.05) is 24.8 Å². The predicted molar refractivity (Wildman–Crippen MR) is 94.1 cm³/mol. The number of carbonyl (C=O) groups excluding carboxylic acids is 1. The van der Waals surface area contributed by atoms with Gasteiger partial charge in [-0.05, 0) is 25.2 Å². The number of rotatable bonds is 12. The Balaban J connectivity index is 5.06. The van der Waals surface area contributed by atoms with Crippen molar-refractivity contribution in [1.82, 2.24) is 10.2 Å². The van der Waals surface area contributed by atoms with Gasteiger partial charge < -0.3 is 15.3 Å². The second-order valence-corrected chi connectivity index (χ2v) is 6.39. The predicted octanol–water partition coefficient (Wildman–Crippen LogP) is 2.91. The highest BCUT2D eigenvalue weighted by atomic mass is 16.4. The lowest BCUT2D eigenvalue weighted by Gasteiger charge is -2.21. The summed E-state index contributed by atoms with van der Waals surface area (Å²) in [5.41, 5.74) is -0.0442. The van der Waals surface area contributed by atoms with Gasteiger partial charge in [-0.1, -0.05) is 40.5 Å². The Morgan fingerprint density at radius 1 is 1.21 bits per heavy atom. The molecule has 0 rings (SSSR count). The van der Waals surface area contributed by atoms with E-state index >= 15 is 0 Å². The quantitative estimate of drug-likeness (QED) is 0.422. The van der Waals surface area contributed by atoms with Crippen LogP contribution in [0.5, 0.6) is 0 Å². The maximum Gasteiger partial charge on any atom is 0.326 e. The molecule has 0 saturated heterocycles. The number of hydrogen-bond donors (Lipinski definition) is 2. The van der Waals surface area contributed by atoms with Crippen molar-refractivity contribution in [3.05, 3.63) is 11.8 Å². The summed E-state index contributed by atoms with van der Waals surface area (Å²) in [4.78, 5) is 25.5. The fourth-order valence-electron chi connectivity index (χ4n) is 2.21. The van der Waals surface area contributed by atoms with Gasteiger partial charge in [0, 0.05) is 19.3 Å². The van der Waals surface area contributed by atoms with Gasteiger partial charge in [0.05, 0.1) is 0 Å². The molecule has 0 aromatic carbocycles. The van der Waals surface area contributed by atoms with Crippen LogP contribution in [0.15, 0.2) is 11.8 Å². The van der Waals surface area contributed by atoms with E-state index in [4.69, 9.17) is 0 Å². The van der Waals surface area contributed by atoms with Crippen molar-refractivity contribution < 1.29 is 14.7 Å². The standard InChI is InChI=1S/C18H31N3O3/c1-5-7-9-21(10-8-6-2)13-15(12-19)17(22)20-16(18(23)24)11-14(3)4/h13-14,16H,5-11H2,1-4H3,(H,20,22)(H,23,24)/b15-13-. The summed E-state index contributed by atoms with van der Waals surface area (Å²) >= 11 is 0. The number of nitrogens with zero attached hydrogens (tertiary/aromatic N) is 2. The summed E-state index contributed by atoms with van der Waals surface area (Å²) in [7, 11) is 0. The summed E-state index contributed by atoms with van der Waals surface area (Å²) in [5, 5.41) is 20.9. The third kappa shape index (κ3) is 9.19. The molecule has 0 saturated carbocycles. The summed E-state index contributed by atoms with van der Waals surface area (Å²) in [5.74, 6) is -1.57. The Labute approximate surface area is 145 Å². The van der Waals surface area contributed by atoms with E-state index < -0.39 is 17.9 Å². The first-order valence-electron chi connectivity index (χ1n) is 8.75. The molecule has 0 heterocycles. The van der Waals surface area contributed by atoms with E-state index in [1.54, 1.807) is 6.20 Å². The van der Waals surface area contributed by atoms with Crippen molar-refractivity contribution >= 4 is 11.9 Å². The molecule has 0 aliphatic heterocycles. The fourth-order valence-corrected chi connectivity index (χ4v) is 2.21. The van der Waals surface area contributed by atoms with Gasteiger partial charge in [-0.25, -0.2) is 4.79 Å². The van der Waals surface area contributed by atoms with Gasteiger partial charge in [0.15, 0.2) is 0 Å². The van der Waals surface area contributed by atoms with Gasteiger partial charge in [-0.15, -0.1) is 0 Å². The number of hydrogen-bond acceptors (Lipinski definition) is 4. The van der Waals surface area contributed by atoms with Gasteiger partial charge in [0.2, 0.25) is 0 Å². The Kier molecular flexibility index (Phi) is 11.4. The van der Waals surface area contributed by atoms with E-state index in [9.17, 15) is 20.0 Å².